The number of amides is 1. The Morgan fingerprint density at radius 1 is 1.37 bits per heavy atom. The number of aliphatic carboxylic acids is 1. The summed E-state index contributed by atoms with van der Waals surface area (Å²) in [5, 5.41) is 9.40. The second kappa shape index (κ2) is 5.12. The monoisotopic (exact) mass is 269 g/mol. The Balaban J connectivity index is 2.27. The van der Waals surface area contributed by atoms with Crippen molar-refractivity contribution in [1.29, 1.82) is 0 Å². The van der Waals surface area contributed by atoms with Crippen LogP contribution in [0.15, 0.2) is 0 Å². The summed E-state index contributed by atoms with van der Waals surface area (Å²) >= 11 is 0. The Bertz CT molecular complexity index is 376. The molecule has 5 heteroatoms. The van der Waals surface area contributed by atoms with Crippen LogP contribution in [0.2, 0.25) is 0 Å². The zero-order chi connectivity index (χ0) is 14.2. The van der Waals surface area contributed by atoms with Gasteiger partial charge >= 0.3 is 5.97 Å². The first-order valence-corrected chi connectivity index (χ1v) is 6.99. The molecule has 0 bridgehead atoms. The first kappa shape index (κ1) is 14.3. The molecule has 0 radical (unpaired) electrons. The molecule has 1 N–H and O–H groups in total. The molecule has 0 saturated carbocycles. The third kappa shape index (κ3) is 2.48. The van der Waals surface area contributed by atoms with Crippen molar-refractivity contribution < 1.29 is 19.4 Å². The summed E-state index contributed by atoms with van der Waals surface area (Å²) in [6, 6.07) is -0.253. The summed E-state index contributed by atoms with van der Waals surface area (Å²) < 4.78 is 5.37. The highest BCUT2D eigenvalue weighted by Crippen LogP contribution is 2.38. The second-order valence-corrected chi connectivity index (χ2v) is 6.16. The fourth-order valence-corrected chi connectivity index (χ4v) is 3.66. The molecule has 0 aromatic carbocycles. The molecule has 2 heterocycles. The molecule has 3 atom stereocenters. The van der Waals surface area contributed by atoms with Gasteiger partial charge in [0.1, 0.15) is 0 Å². The van der Waals surface area contributed by atoms with Crippen molar-refractivity contribution in [2.24, 2.45) is 11.8 Å². The van der Waals surface area contributed by atoms with E-state index in [2.05, 4.69) is 6.92 Å². The first-order valence-electron chi connectivity index (χ1n) is 6.99. The summed E-state index contributed by atoms with van der Waals surface area (Å²) in [5.41, 5.74) is -0.261. The standard InChI is InChI=1S/C14H23NO4/c1-9-8-11(16)15(10(2)12(9)13(17)18)14(3)4-6-19-7-5-14/h9-10,12H,4-8H2,1-3H3,(H,17,18). The van der Waals surface area contributed by atoms with Crippen molar-refractivity contribution in [3.63, 3.8) is 0 Å². The maximum Gasteiger partial charge on any atom is 0.308 e. The van der Waals surface area contributed by atoms with Gasteiger partial charge in [-0.15, -0.1) is 0 Å². The van der Waals surface area contributed by atoms with Crippen LogP contribution in [0.5, 0.6) is 0 Å². The topological polar surface area (TPSA) is 66.8 Å². The van der Waals surface area contributed by atoms with Crippen LogP contribution >= 0.6 is 0 Å². The Morgan fingerprint density at radius 3 is 2.47 bits per heavy atom. The molecule has 3 unspecified atom stereocenters. The summed E-state index contributed by atoms with van der Waals surface area (Å²) in [6.45, 7) is 7.06. The number of carboxylic acid groups (broad SMARTS) is 1. The highest BCUT2D eigenvalue weighted by Gasteiger charge is 2.48. The van der Waals surface area contributed by atoms with E-state index >= 15 is 0 Å². The number of ether oxygens (including phenoxy) is 1. The molecule has 108 valence electrons. The molecule has 0 aromatic heterocycles. The van der Waals surface area contributed by atoms with Crippen LogP contribution < -0.4 is 0 Å². The van der Waals surface area contributed by atoms with Crippen LogP contribution in [0.1, 0.15) is 40.0 Å². The molecule has 2 aliphatic rings. The zero-order valence-electron chi connectivity index (χ0n) is 11.9. The third-order valence-electron chi connectivity index (χ3n) is 4.74. The van der Waals surface area contributed by atoms with Crippen LogP contribution in [0.4, 0.5) is 0 Å². The van der Waals surface area contributed by atoms with Gasteiger partial charge in [0.15, 0.2) is 0 Å². The quantitative estimate of drug-likeness (QED) is 0.825. The van der Waals surface area contributed by atoms with E-state index in [0.29, 0.717) is 19.6 Å². The van der Waals surface area contributed by atoms with E-state index in [1.165, 1.54) is 0 Å². The SMILES string of the molecule is CC1CC(=O)N(C2(C)CCOCC2)C(C)C1C(=O)O. The largest absolute Gasteiger partial charge is 0.481 e. The van der Waals surface area contributed by atoms with Crippen molar-refractivity contribution in [3.8, 4) is 0 Å². The highest BCUT2D eigenvalue weighted by atomic mass is 16.5. The predicted molar refractivity (Wildman–Crippen MR) is 69.7 cm³/mol. The van der Waals surface area contributed by atoms with E-state index in [9.17, 15) is 14.7 Å². The number of hydrogen-bond donors (Lipinski definition) is 1. The van der Waals surface area contributed by atoms with Crippen molar-refractivity contribution in [2.45, 2.75) is 51.6 Å². The van der Waals surface area contributed by atoms with Gasteiger partial charge in [0.05, 0.1) is 5.92 Å². The molecule has 1 amide bonds. The average Bonchev–Trinajstić information content (AvgIpc) is 2.27. The second-order valence-electron chi connectivity index (χ2n) is 6.16. The number of carboxylic acids is 1. The number of nitrogens with zero attached hydrogens (tertiary/aromatic N) is 1. The molecule has 0 aromatic rings. The molecule has 5 nitrogen and oxygen atoms in total. The van der Waals surface area contributed by atoms with Crippen molar-refractivity contribution in [3.05, 3.63) is 0 Å². The molecule has 2 saturated heterocycles. The van der Waals surface area contributed by atoms with E-state index in [-0.39, 0.29) is 23.4 Å². The summed E-state index contributed by atoms with van der Waals surface area (Å²) in [7, 11) is 0. The summed E-state index contributed by atoms with van der Waals surface area (Å²) in [4.78, 5) is 25.7. The molecular formula is C14H23NO4. The van der Waals surface area contributed by atoms with Crippen molar-refractivity contribution in [1.82, 2.24) is 4.90 Å². The van der Waals surface area contributed by atoms with Crippen LogP contribution in [-0.4, -0.2) is 46.7 Å². The minimum absolute atomic E-state index is 0.0851. The van der Waals surface area contributed by atoms with E-state index in [1.54, 1.807) is 0 Å². The van der Waals surface area contributed by atoms with E-state index in [4.69, 9.17) is 4.74 Å². The maximum atomic E-state index is 12.4. The Morgan fingerprint density at radius 2 is 1.95 bits per heavy atom. The minimum Gasteiger partial charge on any atom is -0.481 e. The lowest BCUT2D eigenvalue weighted by molar-refractivity contribution is -0.164. The zero-order valence-corrected chi connectivity index (χ0v) is 11.9. The average molecular weight is 269 g/mol. The van der Waals surface area contributed by atoms with E-state index < -0.39 is 11.9 Å². The lowest BCUT2D eigenvalue weighted by Crippen LogP contribution is -2.62. The lowest BCUT2D eigenvalue weighted by Gasteiger charge is -2.51. The Labute approximate surface area is 113 Å². The summed E-state index contributed by atoms with van der Waals surface area (Å²) in [6.07, 6.45) is 1.89. The van der Waals surface area contributed by atoms with E-state index in [0.717, 1.165) is 12.8 Å². The predicted octanol–water partition coefficient (Wildman–Crippen LogP) is 1.51. The molecule has 2 rings (SSSR count). The van der Waals surface area contributed by atoms with Crippen LogP contribution in [0, 0.1) is 11.8 Å². The van der Waals surface area contributed by atoms with Gasteiger partial charge in [0.25, 0.3) is 0 Å². The Kier molecular flexibility index (Phi) is 3.85. The van der Waals surface area contributed by atoms with Gasteiger partial charge in [-0.1, -0.05) is 6.92 Å². The van der Waals surface area contributed by atoms with Crippen LogP contribution in [0.3, 0.4) is 0 Å². The fraction of sp³-hybridized carbons (Fsp3) is 0.857. The van der Waals surface area contributed by atoms with E-state index in [1.807, 2.05) is 18.7 Å². The maximum absolute atomic E-state index is 12.4. The minimum atomic E-state index is -0.798. The number of piperidine rings is 1. The smallest absolute Gasteiger partial charge is 0.308 e. The van der Waals surface area contributed by atoms with Crippen LogP contribution in [-0.2, 0) is 14.3 Å². The first-order chi connectivity index (χ1) is 8.87. The molecule has 2 fully saturated rings. The normalized spacial score (nSPS) is 35.2. The van der Waals surface area contributed by atoms with Crippen molar-refractivity contribution in [2.75, 3.05) is 13.2 Å². The number of carbonyl (C=O) groups is 2. The van der Waals surface area contributed by atoms with Crippen molar-refractivity contribution >= 4 is 11.9 Å². The molecule has 0 spiro atoms. The molecular weight excluding hydrogens is 246 g/mol. The molecule has 2 aliphatic heterocycles. The number of rotatable bonds is 2. The van der Waals surface area contributed by atoms with Gasteiger partial charge in [-0.3, -0.25) is 9.59 Å². The van der Waals surface area contributed by atoms with Gasteiger partial charge in [0.2, 0.25) is 5.91 Å². The van der Waals surface area contributed by atoms with Gasteiger partial charge in [-0.2, -0.15) is 0 Å². The summed E-state index contributed by atoms with van der Waals surface area (Å²) in [5.74, 6) is -1.29. The third-order valence-corrected chi connectivity index (χ3v) is 4.74. The van der Waals surface area contributed by atoms with Gasteiger partial charge in [-0.05, 0) is 32.6 Å². The van der Waals surface area contributed by atoms with Crippen LogP contribution in [0.25, 0.3) is 0 Å². The van der Waals surface area contributed by atoms with Gasteiger partial charge < -0.3 is 14.7 Å². The molecule has 0 aliphatic carbocycles. The molecule has 19 heavy (non-hydrogen) atoms. The fourth-order valence-electron chi connectivity index (χ4n) is 3.66. The van der Waals surface area contributed by atoms with Gasteiger partial charge in [-0.25, -0.2) is 0 Å². The van der Waals surface area contributed by atoms with Gasteiger partial charge in [0, 0.05) is 31.2 Å². The lowest BCUT2D eigenvalue weighted by atomic mass is 9.77. The number of hydrogen-bond acceptors (Lipinski definition) is 3. The Hall–Kier alpha value is -1.10. The number of carbonyl (C=O) groups excluding carboxylic acids is 1. The number of likely N-dealkylation sites (tertiary alicyclic amines) is 1. The highest BCUT2D eigenvalue weighted by molar-refractivity contribution is 5.82.